The first-order valence-electron chi connectivity index (χ1n) is 6.81. The van der Waals surface area contributed by atoms with E-state index in [1.54, 1.807) is 6.20 Å². The molecular formula is C13H21BrN4O2. The molecule has 112 valence electrons. The molecule has 0 atom stereocenters. The molecule has 1 aliphatic heterocycles. The molecule has 1 fully saturated rings. The maximum Gasteiger partial charge on any atom is 0.283 e. The van der Waals surface area contributed by atoms with Crippen molar-refractivity contribution in [2.75, 3.05) is 31.6 Å². The van der Waals surface area contributed by atoms with Crippen LogP contribution in [0.15, 0.2) is 15.5 Å². The summed E-state index contributed by atoms with van der Waals surface area (Å²) >= 11 is 3.37. The number of hydrogen-bond acceptors (Lipinski definition) is 5. The number of rotatable bonds is 4. The molecule has 2 heterocycles. The number of aliphatic hydroxyl groups is 1. The van der Waals surface area contributed by atoms with Crippen LogP contribution in [0.3, 0.4) is 0 Å². The van der Waals surface area contributed by atoms with E-state index in [2.05, 4.69) is 38.2 Å². The summed E-state index contributed by atoms with van der Waals surface area (Å²) < 4.78 is 1.80. The second-order valence-electron chi connectivity index (χ2n) is 5.39. The summed E-state index contributed by atoms with van der Waals surface area (Å²) in [6.07, 6.45) is 3.74. The van der Waals surface area contributed by atoms with Gasteiger partial charge in [-0.25, -0.2) is 4.68 Å². The van der Waals surface area contributed by atoms with Gasteiger partial charge in [-0.15, -0.1) is 0 Å². The van der Waals surface area contributed by atoms with Gasteiger partial charge in [0.05, 0.1) is 25.0 Å². The highest BCUT2D eigenvalue weighted by Crippen LogP contribution is 2.28. The summed E-state index contributed by atoms with van der Waals surface area (Å²) in [6, 6.07) is 0. The van der Waals surface area contributed by atoms with E-state index in [1.165, 1.54) is 4.68 Å². The molecule has 0 bridgehead atoms. The first kappa shape index (κ1) is 15.5. The Bertz CT molecular complexity index is 524. The maximum absolute atomic E-state index is 12.1. The van der Waals surface area contributed by atoms with Crippen molar-refractivity contribution >= 4 is 21.6 Å². The Morgan fingerprint density at radius 1 is 1.50 bits per heavy atom. The van der Waals surface area contributed by atoms with Crippen LogP contribution in [0.2, 0.25) is 0 Å². The number of nitrogens with zero attached hydrogens (tertiary/aromatic N) is 3. The van der Waals surface area contributed by atoms with Crippen molar-refractivity contribution in [1.82, 2.24) is 15.1 Å². The van der Waals surface area contributed by atoms with Gasteiger partial charge in [-0.05, 0) is 42.7 Å². The van der Waals surface area contributed by atoms with Crippen LogP contribution in [0.25, 0.3) is 0 Å². The Labute approximate surface area is 126 Å². The number of anilines is 1. The van der Waals surface area contributed by atoms with Crippen LogP contribution in [-0.2, 0) is 6.54 Å². The zero-order chi connectivity index (χ0) is 14.8. The highest BCUT2D eigenvalue weighted by atomic mass is 79.9. The van der Waals surface area contributed by atoms with Crippen molar-refractivity contribution in [2.24, 2.45) is 0 Å². The minimum atomic E-state index is -0.196. The zero-order valence-corrected chi connectivity index (χ0v) is 13.5. The fraction of sp³-hybridized carbons (Fsp3) is 0.692. The van der Waals surface area contributed by atoms with Gasteiger partial charge in [0.2, 0.25) is 0 Å². The van der Waals surface area contributed by atoms with E-state index in [9.17, 15) is 4.79 Å². The van der Waals surface area contributed by atoms with E-state index in [1.807, 2.05) is 7.05 Å². The summed E-state index contributed by atoms with van der Waals surface area (Å²) in [6.45, 7) is 4.12. The van der Waals surface area contributed by atoms with Crippen LogP contribution in [0, 0.1) is 0 Å². The van der Waals surface area contributed by atoms with Crippen LogP contribution in [0.5, 0.6) is 0 Å². The first-order valence-corrected chi connectivity index (χ1v) is 7.60. The summed E-state index contributed by atoms with van der Waals surface area (Å²) in [5.41, 5.74) is 0.809. The lowest BCUT2D eigenvalue weighted by molar-refractivity contribution is 0.265. The highest BCUT2D eigenvalue weighted by Gasteiger charge is 2.29. The number of piperidine rings is 1. The second kappa shape index (κ2) is 6.24. The lowest BCUT2D eigenvalue weighted by atomic mass is 9.90. The van der Waals surface area contributed by atoms with Gasteiger partial charge in [0, 0.05) is 18.6 Å². The molecule has 2 N–H and O–H groups in total. The van der Waals surface area contributed by atoms with E-state index in [4.69, 9.17) is 5.11 Å². The van der Waals surface area contributed by atoms with Crippen LogP contribution >= 0.6 is 15.9 Å². The summed E-state index contributed by atoms with van der Waals surface area (Å²) in [4.78, 5) is 14.3. The van der Waals surface area contributed by atoms with Crippen molar-refractivity contribution < 1.29 is 5.11 Å². The quantitative estimate of drug-likeness (QED) is 0.835. The standard InChI is InChI=1S/C13H21BrN4O2/c1-13(15-2)3-5-17(6-4-13)10-9-16-18(7-8-19)12(20)11(10)14/h9,15,19H,3-8H2,1-2H3. The molecule has 0 amide bonds. The molecule has 0 spiro atoms. The van der Waals surface area contributed by atoms with Crippen LogP contribution in [0.1, 0.15) is 19.8 Å². The molecule has 0 unspecified atom stereocenters. The first-order chi connectivity index (χ1) is 9.50. The third kappa shape index (κ3) is 3.05. The lowest BCUT2D eigenvalue weighted by Crippen LogP contribution is -2.50. The highest BCUT2D eigenvalue weighted by molar-refractivity contribution is 9.10. The normalized spacial score (nSPS) is 18.3. The number of halogens is 1. The largest absolute Gasteiger partial charge is 0.394 e. The summed E-state index contributed by atoms with van der Waals surface area (Å²) in [7, 11) is 1.99. The number of aromatic nitrogens is 2. The topological polar surface area (TPSA) is 70.4 Å². The van der Waals surface area contributed by atoms with Crippen LogP contribution in [0.4, 0.5) is 5.69 Å². The monoisotopic (exact) mass is 344 g/mol. The molecule has 7 heteroatoms. The fourth-order valence-corrected chi connectivity index (χ4v) is 2.98. The van der Waals surface area contributed by atoms with E-state index in [0.29, 0.717) is 4.47 Å². The average molecular weight is 345 g/mol. The van der Waals surface area contributed by atoms with E-state index in [0.717, 1.165) is 31.6 Å². The van der Waals surface area contributed by atoms with Gasteiger partial charge in [0.15, 0.2) is 0 Å². The van der Waals surface area contributed by atoms with Gasteiger partial charge >= 0.3 is 0 Å². The number of aliphatic hydroxyl groups excluding tert-OH is 1. The molecular weight excluding hydrogens is 324 g/mol. The predicted molar refractivity (Wildman–Crippen MR) is 82.2 cm³/mol. The van der Waals surface area contributed by atoms with E-state index in [-0.39, 0.29) is 24.2 Å². The second-order valence-corrected chi connectivity index (χ2v) is 6.19. The molecule has 6 nitrogen and oxygen atoms in total. The number of hydrogen-bond donors (Lipinski definition) is 2. The van der Waals surface area contributed by atoms with Crippen molar-refractivity contribution in [3.63, 3.8) is 0 Å². The smallest absolute Gasteiger partial charge is 0.283 e. The molecule has 0 radical (unpaired) electrons. The summed E-state index contributed by atoms with van der Waals surface area (Å²) in [5.74, 6) is 0. The fourth-order valence-electron chi connectivity index (χ4n) is 2.42. The van der Waals surface area contributed by atoms with Crippen LogP contribution < -0.4 is 15.8 Å². The Kier molecular flexibility index (Phi) is 4.82. The SMILES string of the molecule is CNC1(C)CCN(c2cnn(CCO)c(=O)c2Br)CC1. The molecule has 2 rings (SSSR count). The number of nitrogens with one attached hydrogen (secondary N) is 1. The van der Waals surface area contributed by atoms with Crippen molar-refractivity contribution in [3.8, 4) is 0 Å². The van der Waals surface area contributed by atoms with Gasteiger partial charge < -0.3 is 15.3 Å². The molecule has 1 aromatic rings. The molecule has 1 aromatic heterocycles. The molecule has 1 saturated heterocycles. The van der Waals surface area contributed by atoms with Crippen LogP contribution in [-0.4, -0.2) is 47.2 Å². The Hall–Kier alpha value is -0.920. The third-order valence-corrected chi connectivity index (χ3v) is 4.83. The Morgan fingerprint density at radius 2 is 2.15 bits per heavy atom. The van der Waals surface area contributed by atoms with Gasteiger partial charge in [-0.1, -0.05) is 0 Å². The van der Waals surface area contributed by atoms with E-state index >= 15 is 0 Å². The van der Waals surface area contributed by atoms with Crippen molar-refractivity contribution in [3.05, 3.63) is 21.0 Å². The maximum atomic E-state index is 12.1. The lowest BCUT2D eigenvalue weighted by Gasteiger charge is -2.40. The average Bonchev–Trinajstić information content (AvgIpc) is 2.46. The van der Waals surface area contributed by atoms with Crippen molar-refractivity contribution in [2.45, 2.75) is 31.8 Å². The molecule has 1 aliphatic rings. The predicted octanol–water partition coefficient (Wildman–Crippen LogP) is 0.576. The van der Waals surface area contributed by atoms with Gasteiger partial charge in [-0.3, -0.25) is 4.79 Å². The van der Waals surface area contributed by atoms with Gasteiger partial charge in [0.1, 0.15) is 4.47 Å². The van der Waals surface area contributed by atoms with Gasteiger partial charge in [-0.2, -0.15) is 5.10 Å². The molecule has 0 aliphatic carbocycles. The molecule has 20 heavy (non-hydrogen) atoms. The minimum Gasteiger partial charge on any atom is -0.394 e. The third-order valence-electron chi connectivity index (χ3n) is 4.09. The van der Waals surface area contributed by atoms with E-state index < -0.39 is 0 Å². The Balaban J connectivity index is 2.19. The molecule has 0 saturated carbocycles. The van der Waals surface area contributed by atoms with Crippen molar-refractivity contribution in [1.29, 1.82) is 0 Å². The molecule has 0 aromatic carbocycles. The van der Waals surface area contributed by atoms with Gasteiger partial charge in [0.25, 0.3) is 5.56 Å². The zero-order valence-electron chi connectivity index (χ0n) is 11.9. The Morgan fingerprint density at radius 3 is 2.70 bits per heavy atom. The minimum absolute atomic E-state index is 0.0943. The summed E-state index contributed by atoms with van der Waals surface area (Å²) in [5, 5.41) is 16.4.